The smallest absolute Gasteiger partial charge is 0.408 e. The van der Waals surface area contributed by atoms with Gasteiger partial charge in [-0.1, -0.05) is 91.0 Å². The van der Waals surface area contributed by atoms with E-state index < -0.39 is 42.0 Å². The summed E-state index contributed by atoms with van der Waals surface area (Å²) in [7, 11) is 0. The van der Waals surface area contributed by atoms with Crippen LogP contribution < -0.4 is 10.6 Å². The van der Waals surface area contributed by atoms with Crippen LogP contribution in [0.2, 0.25) is 0 Å². The van der Waals surface area contributed by atoms with Crippen LogP contribution in [0, 0.1) is 0 Å². The van der Waals surface area contributed by atoms with Gasteiger partial charge in [-0.05, 0) is 50.3 Å². The molecule has 226 valence electrons. The van der Waals surface area contributed by atoms with Gasteiger partial charge in [0, 0.05) is 18.6 Å². The molecule has 0 aliphatic heterocycles. The molecule has 3 rings (SSSR count). The summed E-state index contributed by atoms with van der Waals surface area (Å²) in [6.45, 7) is 5.56. The lowest BCUT2D eigenvalue weighted by Crippen LogP contribution is -2.58. The fourth-order valence-electron chi connectivity index (χ4n) is 4.91. The van der Waals surface area contributed by atoms with Crippen LogP contribution in [-0.4, -0.2) is 75.3 Å². The summed E-state index contributed by atoms with van der Waals surface area (Å²) in [6.07, 6.45) is -3.18. The number of hydrogen-bond donors (Lipinski definition) is 5. The molecule has 0 heterocycles. The van der Waals surface area contributed by atoms with Gasteiger partial charge in [0.2, 0.25) is 0 Å². The van der Waals surface area contributed by atoms with E-state index >= 15 is 0 Å². The molecule has 0 fully saturated rings. The molecule has 0 saturated carbocycles. The lowest BCUT2D eigenvalue weighted by atomic mass is 9.94. The molecule has 0 aliphatic carbocycles. The van der Waals surface area contributed by atoms with E-state index in [1.165, 1.54) is 4.90 Å². The number of rotatable bonds is 14. The molecule has 4 atom stereocenters. The normalized spacial score (nSPS) is 14.3. The van der Waals surface area contributed by atoms with E-state index in [-0.39, 0.29) is 19.7 Å². The molecule has 0 saturated heterocycles. The maximum Gasteiger partial charge on any atom is 0.408 e. The second kappa shape index (κ2) is 15.9. The first-order valence-electron chi connectivity index (χ1n) is 14.2. The van der Waals surface area contributed by atoms with Crippen molar-refractivity contribution in [1.29, 1.82) is 0 Å². The molecule has 9 heteroatoms. The predicted molar refractivity (Wildman–Crippen MR) is 162 cm³/mol. The van der Waals surface area contributed by atoms with Crippen LogP contribution in [-0.2, 0) is 24.2 Å². The third kappa shape index (κ3) is 10.5. The second-order valence-electron chi connectivity index (χ2n) is 11.4. The van der Waals surface area contributed by atoms with Crippen molar-refractivity contribution in [3.05, 3.63) is 108 Å². The zero-order chi connectivity index (χ0) is 30.5. The maximum absolute atomic E-state index is 12.6. The minimum Gasteiger partial charge on any atom is -0.465 e. The van der Waals surface area contributed by atoms with Gasteiger partial charge in [-0.25, -0.2) is 9.59 Å². The molecule has 5 N–H and O–H groups in total. The van der Waals surface area contributed by atoms with Gasteiger partial charge in [0.1, 0.15) is 6.61 Å². The summed E-state index contributed by atoms with van der Waals surface area (Å²) >= 11 is 0. The molecule has 2 amide bonds. The van der Waals surface area contributed by atoms with E-state index in [4.69, 9.17) is 4.74 Å². The zero-order valence-electron chi connectivity index (χ0n) is 24.5. The third-order valence-corrected chi connectivity index (χ3v) is 6.98. The molecule has 0 aromatic heterocycles. The van der Waals surface area contributed by atoms with Crippen LogP contribution in [0.4, 0.5) is 9.59 Å². The summed E-state index contributed by atoms with van der Waals surface area (Å²) in [5.41, 5.74) is 1.92. The van der Waals surface area contributed by atoms with Crippen LogP contribution in [0.1, 0.15) is 37.5 Å². The average Bonchev–Trinajstić information content (AvgIpc) is 2.96. The summed E-state index contributed by atoms with van der Waals surface area (Å²) in [6, 6.07) is 26.8. The Morgan fingerprint density at radius 2 is 1.24 bits per heavy atom. The zero-order valence-corrected chi connectivity index (χ0v) is 24.5. The standard InChI is InChI=1S/C33H43N3O6/c1-33(2,3)36(32(40)41)28(20-25-15-9-5-10-16-25)30(38)22-34-21-29(37)27(19-24-13-7-4-8-14-24)35-31(39)42-23-26-17-11-6-12-18-26/h4-18,27-30,34,37-38H,19-23H2,1-3H3,(H,35,39)(H,40,41)/t27-,28-,29+,30+/m0/s1. The lowest BCUT2D eigenvalue weighted by molar-refractivity contribution is 0.00631. The number of carbonyl (C=O) groups is 2. The van der Waals surface area contributed by atoms with Gasteiger partial charge < -0.3 is 30.7 Å². The molecule has 0 unspecified atom stereocenters. The SMILES string of the molecule is CC(C)(C)N(C(=O)O)[C@@H](Cc1ccccc1)[C@H](O)CNC[C@@H](O)[C@H](Cc1ccccc1)NC(=O)OCc1ccccc1. The number of amides is 2. The Hall–Kier alpha value is -3.92. The van der Waals surface area contributed by atoms with Gasteiger partial charge in [0.05, 0.1) is 24.3 Å². The Balaban J connectivity index is 1.65. The number of nitrogens with one attached hydrogen (secondary N) is 2. The summed E-state index contributed by atoms with van der Waals surface area (Å²) in [5.74, 6) is 0. The number of hydrogen-bond acceptors (Lipinski definition) is 6. The van der Waals surface area contributed by atoms with Crippen molar-refractivity contribution in [1.82, 2.24) is 15.5 Å². The van der Waals surface area contributed by atoms with Crippen LogP contribution in [0.5, 0.6) is 0 Å². The Morgan fingerprint density at radius 1 is 0.762 bits per heavy atom. The minimum atomic E-state index is -1.12. The Morgan fingerprint density at radius 3 is 1.74 bits per heavy atom. The summed E-state index contributed by atoms with van der Waals surface area (Å²) < 4.78 is 5.38. The van der Waals surface area contributed by atoms with E-state index in [0.717, 1.165) is 16.7 Å². The summed E-state index contributed by atoms with van der Waals surface area (Å²) in [5, 5.41) is 38.2. The Labute approximate surface area is 248 Å². The monoisotopic (exact) mass is 577 g/mol. The van der Waals surface area contributed by atoms with E-state index in [9.17, 15) is 24.9 Å². The first-order valence-corrected chi connectivity index (χ1v) is 14.2. The molecule has 0 bridgehead atoms. The third-order valence-electron chi connectivity index (χ3n) is 6.98. The highest BCUT2D eigenvalue weighted by Gasteiger charge is 2.37. The van der Waals surface area contributed by atoms with Gasteiger partial charge in [-0.2, -0.15) is 0 Å². The van der Waals surface area contributed by atoms with Crippen LogP contribution in [0.15, 0.2) is 91.0 Å². The first-order chi connectivity index (χ1) is 20.0. The van der Waals surface area contributed by atoms with Crippen molar-refractivity contribution < 1.29 is 29.6 Å². The molecule has 42 heavy (non-hydrogen) atoms. The Bertz CT molecular complexity index is 1220. The largest absolute Gasteiger partial charge is 0.465 e. The second-order valence-corrected chi connectivity index (χ2v) is 11.4. The van der Waals surface area contributed by atoms with Crippen molar-refractivity contribution in [2.24, 2.45) is 0 Å². The number of nitrogens with zero attached hydrogens (tertiary/aromatic N) is 1. The number of carbonyl (C=O) groups excluding carboxylic acids is 1. The maximum atomic E-state index is 12.6. The van der Waals surface area contributed by atoms with Gasteiger partial charge in [0.25, 0.3) is 0 Å². The highest BCUT2D eigenvalue weighted by molar-refractivity contribution is 5.68. The number of aliphatic hydroxyl groups excluding tert-OH is 2. The molecule has 0 spiro atoms. The molecule has 9 nitrogen and oxygen atoms in total. The number of aliphatic hydroxyl groups is 2. The lowest BCUT2D eigenvalue weighted by Gasteiger charge is -2.42. The average molecular weight is 578 g/mol. The van der Waals surface area contributed by atoms with Crippen molar-refractivity contribution in [2.45, 2.75) is 70.1 Å². The van der Waals surface area contributed by atoms with E-state index in [2.05, 4.69) is 10.6 Å². The summed E-state index contributed by atoms with van der Waals surface area (Å²) in [4.78, 5) is 26.2. The van der Waals surface area contributed by atoms with E-state index in [1.807, 2.05) is 91.0 Å². The van der Waals surface area contributed by atoms with Gasteiger partial charge in [0.15, 0.2) is 0 Å². The van der Waals surface area contributed by atoms with E-state index in [0.29, 0.717) is 12.8 Å². The van der Waals surface area contributed by atoms with Crippen LogP contribution in [0.3, 0.4) is 0 Å². The fraction of sp³-hybridized carbons (Fsp3) is 0.394. The van der Waals surface area contributed by atoms with Crippen LogP contribution in [0.25, 0.3) is 0 Å². The van der Waals surface area contributed by atoms with Crippen molar-refractivity contribution >= 4 is 12.2 Å². The first kappa shape index (κ1) is 32.6. The van der Waals surface area contributed by atoms with Gasteiger partial charge in [-0.15, -0.1) is 0 Å². The molecule has 3 aromatic rings. The number of ether oxygens (including phenoxy) is 1. The fourth-order valence-corrected chi connectivity index (χ4v) is 4.91. The highest BCUT2D eigenvalue weighted by Crippen LogP contribution is 2.23. The molecular formula is C33H43N3O6. The van der Waals surface area contributed by atoms with Gasteiger partial charge in [-0.3, -0.25) is 4.90 Å². The van der Waals surface area contributed by atoms with Crippen molar-refractivity contribution in [3.63, 3.8) is 0 Å². The minimum absolute atomic E-state index is 0.0327. The van der Waals surface area contributed by atoms with Gasteiger partial charge >= 0.3 is 12.2 Å². The Kier molecular flexibility index (Phi) is 12.3. The number of benzene rings is 3. The highest BCUT2D eigenvalue weighted by atomic mass is 16.5. The molecule has 3 aromatic carbocycles. The van der Waals surface area contributed by atoms with Crippen LogP contribution >= 0.6 is 0 Å². The number of alkyl carbamates (subject to hydrolysis) is 1. The molecule has 0 radical (unpaired) electrons. The number of carboxylic acid groups (broad SMARTS) is 1. The van der Waals surface area contributed by atoms with Crippen molar-refractivity contribution in [2.75, 3.05) is 13.1 Å². The quantitative estimate of drug-likeness (QED) is 0.194. The topological polar surface area (TPSA) is 131 Å². The van der Waals surface area contributed by atoms with Crippen molar-refractivity contribution in [3.8, 4) is 0 Å². The van der Waals surface area contributed by atoms with E-state index in [1.54, 1.807) is 20.8 Å². The molecular weight excluding hydrogens is 534 g/mol. The predicted octanol–water partition coefficient (Wildman–Crippen LogP) is 4.23. The molecule has 0 aliphatic rings.